The third-order valence-corrected chi connectivity index (χ3v) is 3.94. The maximum atomic E-state index is 12.1. The van der Waals surface area contributed by atoms with E-state index in [2.05, 4.69) is 40.1 Å². The number of hydrogen-bond acceptors (Lipinski definition) is 2. The van der Waals surface area contributed by atoms with Crippen LogP contribution in [0.5, 0.6) is 0 Å². The quantitative estimate of drug-likeness (QED) is 0.907. The first-order valence-corrected chi connectivity index (χ1v) is 7.17. The molecule has 1 atom stereocenters. The second-order valence-electron chi connectivity index (χ2n) is 5.82. The van der Waals surface area contributed by atoms with E-state index in [4.69, 9.17) is 0 Å². The number of pyridine rings is 1. The molecule has 0 radical (unpaired) electrons. The van der Waals surface area contributed by atoms with E-state index >= 15 is 0 Å². The molecule has 1 unspecified atom stereocenters. The highest BCUT2D eigenvalue weighted by atomic mass is 79.9. The maximum Gasteiger partial charge on any atom is 0.253 e. The largest absolute Gasteiger partial charge is 0.349 e. The summed E-state index contributed by atoms with van der Waals surface area (Å²) in [6.45, 7) is 4.54. The topological polar surface area (TPSA) is 42.0 Å². The fourth-order valence-corrected chi connectivity index (χ4v) is 2.99. The number of carbonyl (C=O) groups is 1. The Morgan fingerprint density at radius 3 is 2.94 bits per heavy atom. The molecule has 0 aliphatic heterocycles. The molecule has 1 N–H and O–H groups in total. The zero-order valence-electron chi connectivity index (χ0n) is 10.9. The minimum atomic E-state index is -0.0218. The van der Waals surface area contributed by atoms with Gasteiger partial charge in [-0.1, -0.05) is 20.3 Å². The van der Waals surface area contributed by atoms with E-state index in [1.54, 1.807) is 18.5 Å². The summed E-state index contributed by atoms with van der Waals surface area (Å²) in [5.41, 5.74) is 0.957. The van der Waals surface area contributed by atoms with Crippen LogP contribution in [-0.2, 0) is 0 Å². The molecule has 1 aliphatic carbocycles. The maximum absolute atomic E-state index is 12.1. The van der Waals surface area contributed by atoms with Crippen LogP contribution in [0.1, 0.15) is 49.9 Å². The molecule has 1 aromatic heterocycles. The number of amides is 1. The summed E-state index contributed by atoms with van der Waals surface area (Å²) in [5, 5.41) is 3.12. The third kappa shape index (κ3) is 3.55. The third-order valence-electron chi connectivity index (χ3n) is 3.51. The molecule has 1 fully saturated rings. The molecule has 0 saturated heterocycles. The number of nitrogens with zero attached hydrogens (tertiary/aromatic N) is 1. The molecule has 1 heterocycles. The minimum Gasteiger partial charge on any atom is -0.349 e. The van der Waals surface area contributed by atoms with E-state index in [0.29, 0.717) is 17.0 Å². The van der Waals surface area contributed by atoms with Gasteiger partial charge in [-0.25, -0.2) is 0 Å². The van der Waals surface area contributed by atoms with Crippen LogP contribution in [0.2, 0.25) is 0 Å². The Labute approximate surface area is 117 Å². The molecule has 1 saturated carbocycles. The minimum absolute atomic E-state index is 0.0218. The van der Waals surface area contributed by atoms with Gasteiger partial charge in [0, 0.05) is 22.9 Å². The average Bonchev–Trinajstić information content (AvgIpc) is 2.27. The molecule has 4 heteroatoms. The van der Waals surface area contributed by atoms with Crippen LogP contribution in [0.4, 0.5) is 0 Å². The first-order valence-electron chi connectivity index (χ1n) is 6.38. The van der Waals surface area contributed by atoms with Gasteiger partial charge in [0.05, 0.1) is 5.56 Å². The van der Waals surface area contributed by atoms with Crippen LogP contribution < -0.4 is 5.32 Å². The van der Waals surface area contributed by atoms with Crippen molar-refractivity contribution in [3.63, 3.8) is 0 Å². The number of aromatic nitrogens is 1. The Kier molecular flexibility index (Phi) is 4.05. The molecule has 1 aliphatic rings. The van der Waals surface area contributed by atoms with Gasteiger partial charge in [-0.15, -0.1) is 0 Å². The van der Waals surface area contributed by atoms with Crippen molar-refractivity contribution in [3.05, 3.63) is 28.5 Å². The van der Waals surface area contributed by atoms with E-state index in [1.165, 1.54) is 12.8 Å². The molecule has 1 aromatic rings. The molecule has 1 amide bonds. The molecule has 0 spiro atoms. The molecular formula is C14H19BrN2O. The zero-order valence-corrected chi connectivity index (χ0v) is 12.5. The number of nitrogens with one attached hydrogen (secondary N) is 1. The fourth-order valence-electron chi connectivity index (χ4n) is 2.63. The highest BCUT2D eigenvalue weighted by Crippen LogP contribution is 2.35. The van der Waals surface area contributed by atoms with Crippen molar-refractivity contribution in [3.8, 4) is 0 Å². The normalized spacial score (nSPS) is 22.5. The molecule has 3 nitrogen and oxygen atoms in total. The highest BCUT2D eigenvalue weighted by molar-refractivity contribution is 9.10. The average molecular weight is 311 g/mol. The van der Waals surface area contributed by atoms with Gasteiger partial charge in [-0.2, -0.15) is 0 Å². The van der Waals surface area contributed by atoms with Crippen LogP contribution >= 0.6 is 15.9 Å². The van der Waals surface area contributed by atoms with Crippen molar-refractivity contribution >= 4 is 21.8 Å². The van der Waals surface area contributed by atoms with Crippen LogP contribution in [-0.4, -0.2) is 16.9 Å². The number of rotatable bonds is 2. The summed E-state index contributed by atoms with van der Waals surface area (Å²) in [7, 11) is 0. The molecule has 98 valence electrons. The van der Waals surface area contributed by atoms with Gasteiger partial charge < -0.3 is 5.32 Å². The van der Waals surface area contributed by atoms with Crippen molar-refractivity contribution < 1.29 is 4.79 Å². The molecule has 2 rings (SSSR count). The predicted octanol–water partition coefficient (Wildman–Crippen LogP) is 3.54. The summed E-state index contributed by atoms with van der Waals surface area (Å²) in [5.74, 6) is -0.0218. The lowest BCUT2D eigenvalue weighted by Gasteiger charge is -2.35. The molecular weight excluding hydrogens is 292 g/mol. The van der Waals surface area contributed by atoms with Crippen molar-refractivity contribution in [1.82, 2.24) is 10.3 Å². The van der Waals surface area contributed by atoms with Gasteiger partial charge in [0.15, 0.2) is 0 Å². The second-order valence-corrected chi connectivity index (χ2v) is 6.74. The number of carbonyl (C=O) groups excluding carboxylic acids is 1. The smallest absolute Gasteiger partial charge is 0.253 e. The summed E-state index contributed by atoms with van der Waals surface area (Å²) >= 11 is 3.33. The van der Waals surface area contributed by atoms with Crippen molar-refractivity contribution in [2.75, 3.05) is 0 Å². The van der Waals surface area contributed by atoms with E-state index in [-0.39, 0.29) is 5.91 Å². The van der Waals surface area contributed by atoms with Crippen LogP contribution in [0.15, 0.2) is 22.9 Å². The van der Waals surface area contributed by atoms with Gasteiger partial charge in [0.1, 0.15) is 0 Å². The molecule has 0 aromatic carbocycles. The fraction of sp³-hybridized carbons (Fsp3) is 0.571. The van der Waals surface area contributed by atoms with Gasteiger partial charge in [-0.05, 0) is 46.7 Å². The van der Waals surface area contributed by atoms with Gasteiger partial charge in [0.25, 0.3) is 5.91 Å². The Hall–Kier alpha value is -0.900. The van der Waals surface area contributed by atoms with Crippen LogP contribution in [0, 0.1) is 5.41 Å². The molecule has 0 bridgehead atoms. The van der Waals surface area contributed by atoms with Crippen LogP contribution in [0.3, 0.4) is 0 Å². The van der Waals surface area contributed by atoms with Crippen LogP contribution in [0.25, 0.3) is 0 Å². The Morgan fingerprint density at radius 1 is 1.50 bits per heavy atom. The Balaban J connectivity index is 1.99. The van der Waals surface area contributed by atoms with Crippen molar-refractivity contribution in [2.24, 2.45) is 5.41 Å². The zero-order chi connectivity index (χ0) is 13.2. The predicted molar refractivity (Wildman–Crippen MR) is 75.4 cm³/mol. The summed E-state index contributed by atoms with van der Waals surface area (Å²) < 4.78 is 0.833. The first kappa shape index (κ1) is 13.5. The summed E-state index contributed by atoms with van der Waals surface area (Å²) in [6.07, 6.45) is 7.86. The Bertz CT molecular complexity index is 445. The lowest BCUT2D eigenvalue weighted by molar-refractivity contribution is 0.0902. The van der Waals surface area contributed by atoms with Gasteiger partial charge >= 0.3 is 0 Å². The first-order chi connectivity index (χ1) is 8.46. The van der Waals surface area contributed by atoms with Crippen molar-refractivity contribution in [2.45, 2.75) is 45.6 Å². The lowest BCUT2D eigenvalue weighted by atomic mass is 9.75. The van der Waals surface area contributed by atoms with E-state index < -0.39 is 0 Å². The van der Waals surface area contributed by atoms with E-state index in [0.717, 1.165) is 17.3 Å². The summed E-state index contributed by atoms with van der Waals surface area (Å²) in [4.78, 5) is 16.1. The monoisotopic (exact) mass is 310 g/mol. The van der Waals surface area contributed by atoms with Gasteiger partial charge in [-0.3, -0.25) is 9.78 Å². The van der Waals surface area contributed by atoms with E-state index in [9.17, 15) is 4.79 Å². The van der Waals surface area contributed by atoms with Crippen molar-refractivity contribution in [1.29, 1.82) is 0 Å². The Morgan fingerprint density at radius 2 is 2.28 bits per heavy atom. The van der Waals surface area contributed by atoms with Gasteiger partial charge in [0.2, 0.25) is 0 Å². The SMILES string of the molecule is CC1(C)CCCC(NC(=O)c2cncc(Br)c2)C1. The number of hydrogen-bond donors (Lipinski definition) is 1. The number of halogens is 1. The lowest BCUT2D eigenvalue weighted by Crippen LogP contribution is -2.40. The van der Waals surface area contributed by atoms with E-state index in [1.807, 2.05) is 0 Å². The summed E-state index contributed by atoms with van der Waals surface area (Å²) in [6, 6.07) is 2.09. The molecule has 18 heavy (non-hydrogen) atoms. The standard InChI is InChI=1S/C14H19BrN2O/c1-14(2)5-3-4-12(7-14)17-13(18)10-6-11(15)9-16-8-10/h6,8-9,12H,3-5,7H2,1-2H3,(H,17,18). The second kappa shape index (κ2) is 5.39. The highest BCUT2D eigenvalue weighted by Gasteiger charge is 2.28.